The van der Waals surface area contributed by atoms with E-state index in [2.05, 4.69) is 10.6 Å². The number of amides is 1. The topological polar surface area (TPSA) is 111 Å². The maximum atomic E-state index is 12.4. The molecule has 0 atom stereocenters. The number of methoxy groups -OCH3 is 1. The van der Waals surface area contributed by atoms with Crippen LogP contribution in [-0.2, 0) is 9.53 Å². The van der Waals surface area contributed by atoms with Gasteiger partial charge in [0.1, 0.15) is 5.69 Å². The third-order valence-corrected chi connectivity index (χ3v) is 4.11. The number of carbonyl (C=O) groups is 2. The van der Waals surface area contributed by atoms with Gasteiger partial charge in [-0.3, -0.25) is 14.9 Å². The number of para-hydroxylation sites is 2. The third kappa shape index (κ3) is 4.07. The maximum absolute atomic E-state index is 12.4. The van der Waals surface area contributed by atoms with Crippen molar-refractivity contribution in [1.29, 1.82) is 0 Å². The Labute approximate surface area is 160 Å². The van der Waals surface area contributed by atoms with Gasteiger partial charge in [0.05, 0.1) is 29.8 Å². The van der Waals surface area contributed by atoms with Gasteiger partial charge in [-0.25, -0.2) is 4.79 Å². The number of fused-ring (bicyclic) bond motifs is 1. The maximum Gasteiger partial charge on any atom is 0.339 e. The minimum atomic E-state index is -0.576. The number of carbonyl (C=O) groups excluding carboxylic acids is 2. The van der Waals surface area contributed by atoms with E-state index in [-0.39, 0.29) is 23.5 Å². The molecule has 0 aliphatic carbocycles. The molecule has 0 aliphatic heterocycles. The molecule has 1 amide bonds. The Hall–Kier alpha value is -3.94. The number of hydrogen-bond acceptors (Lipinski definition) is 6. The Morgan fingerprint density at radius 1 is 1.00 bits per heavy atom. The van der Waals surface area contributed by atoms with Crippen LogP contribution >= 0.6 is 0 Å². The highest BCUT2D eigenvalue weighted by Gasteiger charge is 2.17. The van der Waals surface area contributed by atoms with Crippen LogP contribution in [0.1, 0.15) is 10.4 Å². The summed E-state index contributed by atoms with van der Waals surface area (Å²) in [5.41, 5.74) is 0.630. The first kappa shape index (κ1) is 18.8. The summed E-state index contributed by atoms with van der Waals surface area (Å²) < 4.78 is 4.80. The molecule has 0 radical (unpaired) electrons. The predicted octanol–water partition coefficient (Wildman–Crippen LogP) is 3.59. The van der Waals surface area contributed by atoms with E-state index in [9.17, 15) is 19.7 Å². The molecular weight excluding hydrogens is 362 g/mol. The van der Waals surface area contributed by atoms with Gasteiger partial charge in [0.15, 0.2) is 0 Å². The van der Waals surface area contributed by atoms with Gasteiger partial charge in [0.25, 0.3) is 5.69 Å². The van der Waals surface area contributed by atoms with Gasteiger partial charge >= 0.3 is 5.97 Å². The minimum Gasteiger partial charge on any atom is -0.465 e. The van der Waals surface area contributed by atoms with E-state index in [1.54, 1.807) is 24.3 Å². The fourth-order valence-corrected chi connectivity index (χ4v) is 2.77. The van der Waals surface area contributed by atoms with Gasteiger partial charge in [-0.15, -0.1) is 0 Å². The van der Waals surface area contributed by atoms with Crippen LogP contribution in [-0.4, -0.2) is 30.5 Å². The van der Waals surface area contributed by atoms with Crippen LogP contribution in [0.4, 0.5) is 17.1 Å². The minimum absolute atomic E-state index is 0.128. The van der Waals surface area contributed by atoms with Gasteiger partial charge in [-0.05, 0) is 29.0 Å². The first-order valence-electron chi connectivity index (χ1n) is 8.38. The largest absolute Gasteiger partial charge is 0.465 e. The number of rotatable bonds is 6. The van der Waals surface area contributed by atoms with E-state index in [0.29, 0.717) is 5.69 Å². The number of nitrogens with zero attached hydrogens (tertiary/aromatic N) is 1. The summed E-state index contributed by atoms with van der Waals surface area (Å²) >= 11 is 0. The highest BCUT2D eigenvalue weighted by molar-refractivity contribution is 6.06. The van der Waals surface area contributed by atoms with Crippen molar-refractivity contribution < 1.29 is 19.2 Å². The number of esters is 1. The second-order valence-electron chi connectivity index (χ2n) is 5.91. The van der Waals surface area contributed by atoms with E-state index in [1.165, 1.54) is 19.2 Å². The summed E-state index contributed by atoms with van der Waals surface area (Å²) in [6, 6.07) is 16.8. The Morgan fingerprint density at radius 3 is 2.32 bits per heavy atom. The molecule has 0 aromatic heterocycles. The van der Waals surface area contributed by atoms with Gasteiger partial charge in [0.2, 0.25) is 5.91 Å². The molecule has 0 bridgehead atoms. The van der Waals surface area contributed by atoms with Gasteiger partial charge in [-0.2, -0.15) is 0 Å². The van der Waals surface area contributed by atoms with E-state index in [1.807, 2.05) is 24.3 Å². The fraction of sp³-hybridized carbons (Fsp3) is 0.100. The third-order valence-electron chi connectivity index (χ3n) is 4.11. The zero-order valence-electron chi connectivity index (χ0n) is 15.0. The number of anilines is 2. The second-order valence-corrected chi connectivity index (χ2v) is 5.91. The van der Waals surface area contributed by atoms with Crippen molar-refractivity contribution in [2.75, 3.05) is 24.3 Å². The van der Waals surface area contributed by atoms with Crippen LogP contribution in [0.2, 0.25) is 0 Å². The molecule has 3 aromatic rings. The van der Waals surface area contributed by atoms with Gasteiger partial charge in [-0.1, -0.05) is 36.4 Å². The molecule has 0 fully saturated rings. The number of nitrogens with one attached hydrogen (secondary N) is 2. The number of benzene rings is 3. The van der Waals surface area contributed by atoms with Crippen molar-refractivity contribution in [3.8, 4) is 0 Å². The molecule has 0 unspecified atom stereocenters. The van der Waals surface area contributed by atoms with E-state index in [4.69, 9.17) is 4.74 Å². The summed E-state index contributed by atoms with van der Waals surface area (Å²) in [5.74, 6) is -1.04. The first-order valence-corrected chi connectivity index (χ1v) is 8.38. The summed E-state index contributed by atoms with van der Waals surface area (Å²) in [5, 5.41) is 18.1. The number of nitro groups is 1. The lowest BCUT2D eigenvalue weighted by Crippen LogP contribution is -2.23. The molecule has 28 heavy (non-hydrogen) atoms. The number of ether oxygens (including phenoxy) is 1. The zero-order valence-corrected chi connectivity index (χ0v) is 15.0. The Kier molecular flexibility index (Phi) is 5.50. The molecule has 142 valence electrons. The molecule has 0 saturated heterocycles. The Morgan fingerprint density at radius 2 is 1.64 bits per heavy atom. The van der Waals surface area contributed by atoms with Crippen LogP contribution in [0.25, 0.3) is 10.8 Å². The first-order chi connectivity index (χ1) is 13.5. The summed E-state index contributed by atoms with van der Waals surface area (Å²) in [6.07, 6.45) is 0. The smallest absolute Gasteiger partial charge is 0.339 e. The molecule has 0 spiro atoms. The molecule has 8 nitrogen and oxygen atoms in total. The van der Waals surface area contributed by atoms with Crippen molar-refractivity contribution in [3.05, 3.63) is 76.3 Å². The molecule has 0 aliphatic rings. The highest BCUT2D eigenvalue weighted by atomic mass is 16.6. The van der Waals surface area contributed by atoms with E-state index < -0.39 is 16.8 Å². The molecule has 3 aromatic carbocycles. The molecule has 0 saturated carbocycles. The standard InChI is InChI=1S/C20H17N3O5/c1-28-20(25)15-10-13-6-2-3-7-14(13)11-17(15)22-19(24)12-21-16-8-4-5-9-18(16)23(26)27/h2-11,21H,12H2,1H3,(H,22,24). The van der Waals surface area contributed by atoms with Crippen LogP contribution in [0.3, 0.4) is 0 Å². The molecular formula is C20H17N3O5. The summed E-state index contributed by atoms with van der Waals surface area (Å²) in [7, 11) is 1.26. The van der Waals surface area contributed by atoms with Crippen molar-refractivity contribution in [2.45, 2.75) is 0 Å². The second kappa shape index (κ2) is 8.17. The average Bonchev–Trinajstić information content (AvgIpc) is 2.71. The highest BCUT2D eigenvalue weighted by Crippen LogP contribution is 2.26. The molecule has 3 rings (SSSR count). The summed E-state index contributed by atoms with van der Waals surface area (Å²) in [4.78, 5) is 35.0. The number of hydrogen-bond donors (Lipinski definition) is 2. The van der Waals surface area contributed by atoms with Crippen LogP contribution in [0.15, 0.2) is 60.7 Å². The quantitative estimate of drug-likeness (QED) is 0.385. The monoisotopic (exact) mass is 379 g/mol. The van der Waals surface area contributed by atoms with Crippen LogP contribution in [0.5, 0.6) is 0 Å². The van der Waals surface area contributed by atoms with Crippen molar-refractivity contribution in [2.24, 2.45) is 0 Å². The fourth-order valence-electron chi connectivity index (χ4n) is 2.77. The van der Waals surface area contributed by atoms with Crippen molar-refractivity contribution in [3.63, 3.8) is 0 Å². The lowest BCUT2D eigenvalue weighted by molar-refractivity contribution is -0.383. The molecule has 2 N–H and O–H groups in total. The number of nitro benzene ring substituents is 1. The van der Waals surface area contributed by atoms with E-state index in [0.717, 1.165) is 10.8 Å². The predicted molar refractivity (Wildman–Crippen MR) is 106 cm³/mol. The Balaban J connectivity index is 1.81. The molecule has 8 heteroatoms. The zero-order chi connectivity index (χ0) is 20.1. The molecule has 0 heterocycles. The Bertz CT molecular complexity index is 1060. The lowest BCUT2D eigenvalue weighted by Gasteiger charge is -2.12. The van der Waals surface area contributed by atoms with Crippen LogP contribution in [0, 0.1) is 10.1 Å². The summed E-state index contributed by atoms with van der Waals surface area (Å²) in [6.45, 7) is -0.210. The SMILES string of the molecule is COC(=O)c1cc2ccccc2cc1NC(=O)CNc1ccccc1[N+](=O)[O-]. The average molecular weight is 379 g/mol. The van der Waals surface area contributed by atoms with Gasteiger partial charge in [0, 0.05) is 6.07 Å². The van der Waals surface area contributed by atoms with Crippen molar-refractivity contribution >= 4 is 39.7 Å². The van der Waals surface area contributed by atoms with E-state index >= 15 is 0 Å². The van der Waals surface area contributed by atoms with Crippen LogP contribution < -0.4 is 10.6 Å². The van der Waals surface area contributed by atoms with Crippen molar-refractivity contribution in [1.82, 2.24) is 0 Å². The normalized spacial score (nSPS) is 10.3. The lowest BCUT2D eigenvalue weighted by atomic mass is 10.0. The van der Waals surface area contributed by atoms with Gasteiger partial charge < -0.3 is 15.4 Å².